The topological polar surface area (TPSA) is 60.7 Å². The van der Waals surface area contributed by atoms with E-state index in [2.05, 4.69) is 0 Å². The molecular formula is C7H12O3. The van der Waals surface area contributed by atoms with E-state index in [1.807, 2.05) is 0 Å². The largest absolute Gasteiger partial charge is 0.396 e. The number of hydrogen-bond donors (Lipinski definition) is 3. The van der Waals surface area contributed by atoms with Crippen molar-refractivity contribution in [3.8, 4) is 0 Å². The van der Waals surface area contributed by atoms with Crippen LogP contribution in [0.4, 0.5) is 0 Å². The van der Waals surface area contributed by atoms with Crippen molar-refractivity contribution in [1.29, 1.82) is 0 Å². The van der Waals surface area contributed by atoms with Crippen LogP contribution in [0.1, 0.15) is 12.8 Å². The average Bonchev–Trinajstić information content (AvgIpc) is 2.51. The molecule has 2 aliphatic carbocycles. The molecule has 0 unspecified atom stereocenters. The molecule has 3 N–H and O–H groups in total. The van der Waals surface area contributed by atoms with Gasteiger partial charge in [-0.05, 0) is 18.8 Å². The Balaban J connectivity index is 2.09. The summed E-state index contributed by atoms with van der Waals surface area (Å²) in [6.07, 6.45) is 0.834. The van der Waals surface area contributed by atoms with Gasteiger partial charge in [-0.3, -0.25) is 0 Å². The third-order valence-corrected chi connectivity index (χ3v) is 2.90. The second kappa shape index (κ2) is 1.72. The first kappa shape index (κ1) is 6.58. The number of hydrogen-bond acceptors (Lipinski definition) is 3. The summed E-state index contributed by atoms with van der Waals surface area (Å²) in [6.45, 7) is -0.0000231. The highest BCUT2D eigenvalue weighted by molar-refractivity contribution is 5.15. The van der Waals surface area contributed by atoms with Crippen LogP contribution in [0, 0.1) is 11.8 Å². The second-order valence-electron chi connectivity index (χ2n) is 3.52. The molecule has 0 aromatic rings. The maximum absolute atomic E-state index is 9.48. The molecule has 0 bridgehead atoms. The van der Waals surface area contributed by atoms with Crippen LogP contribution >= 0.6 is 0 Å². The minimum absolute atomic E-state index is 0.0000231. The zero-order chi connectivity index (χ0) is 7.35. The van der Waals surface area contributed by atoms with Gasteiger partial charge in [0.25, 0.3) is 0 Å². The van der Waals surface area contributed by atoms with Crippen LogP contribution in [0.3, 0.4) is 0 Å². The van der Waals surface area contributed by atoms with Gasteiger partial charge in [0.2, 0.25) is 0 Å². The van der Waals surface area contributed by atoms with Crippen molar-refractivity contribution in [1.82, 2.24) is 0 Å². The van der Waals surface area contributed by atoms with E-state index in [1.54, 1.807) is 0 Å². The molecule has 0 amide bonds. The molecule has 0 heterocycles. The molecule has 3 heteroatoms. The first-order valence-corrected chi connectivity index (χ1v) is 3.70. The highest BCUT2D eigenvalue weighted by Crippen LogP contribution is 2.57. The fourth-order valence-electron chi connectivity index (χ4n) is 2.06. The summed E-state index contributed by atoms with van der Waals surface area (Å²) in [7, 11) is 0. The first-order chi connectivity index (χ1) is 4.68. The van der Waals surface area contributed by atoms with Crippen LogP contribution in [-0.4, -0.2) is 33.6 Å². The molecule has 0 aliphatic heterocycles. The fourth-order valence-corrected chi connectivity index (χ4v) is 2.06. The lowest BCUT2D eigenvalue weighted by atomic mass is 10.0. The first-order valence-electron chi connectivity index (χ1n) is 3.70. The minimum atomic E-state index is -0.812. The Labute approximate surface area is 59.3 Å². The average molecular weight is 144 g/mol. The zero-order valence-electron chi connectivity index (χ0n) is 5.70. The predicted molar refractivity (Wildman–Crippen MR) is 34.3 cm³/mol. The highest BCUT2D eigenvalue weighted by atomic mass is 16.4. The monoisotopic (exact) mass is 144 g/mol. The van der Waals surface area contributed by atoms with E-state index < -0.39 is 11.7 Å². The van der Waals surface area contributed by atoms with Crippen LogP contribution in [0.5, 0.6) is 0 Å². The van der Waals surface area contributed by atoms with Gasteiger partial charge in [0.15, 0.2) is 0 Å². The van der Waals surface area contributed by atoms with Crippen LogP contribution in [-0.2, 0) is 0 Å². The van der Waals surface area contributed by atoms with Crippen molar-refractivity contribution in [2.24, 2.45) is 11.8 Å². The molecule has 58 valence electrons. The van der Waals surface area contributed by atoms with Crippen molar-refractivity contribution in [2.75, 3.05) is 6.61 Å². The number of aliphatic hydroxyl groups excluding tert-OH is 2. The maximum atomic E-state index is 9.48. The minimum Gasteiger partial charge on any atom is -0.396 e. The van der Waals surface area contributed by atoms with Crippen LogP contribution < -0.4 is 0 Å². The summed E-state index contributed by atoms with van der Waals surface area (Å²) in [4.78, 5) is 0. The van der Waals surface area contributed by atoms with Gasteiger partial charge in [-0.25, -0.2) is 0 Å². The Morgan fingerprint density at radius 1 is 1.50 bits per heavy atom. The van der Waals surface area contributed by atoms with E-state index in [-0.39, 0.29) is 18.4 Å². The summed E-state index contributed by atoms with van der Waals surface area (Å²) in [5, 5.41) is 27.5. The van der Waals surface area contributed by atoms with Crippen molar-refractivity contribution in [2.45, 2.75) is 24.5 Å². The summed E-state index contributed by atoms with van der Waals surface area (Å²) in [5.41, 5.74) is -0.812. The lowest BCUT2D eigenvalue weighted by Crippen LogP contribution is -2.32. The Morgan fingerprint density at radius 3 is 2.50 bits per heavy atom. The third-order valence-electron chi connectivity index (χ3n) is 2.90. The van der Waals surface area contributed by atoms with Gasteiger partial charge >= 0.3 is 0 Å². The van der Waals surface area contributed by atoms with Gasteiger partial charge in [0, 0.05) is 12.5 Å². The standard InChI is InChI=1S/C7H12O3/c8-3-4-1-5-2-7(5,10)6(4)9/h4-6,8-10H,1-3H2/t4-,5+,6-,7+/m1/s1. The number of fused-ring (bicyclic) bond motifs is 1. The summed E-state index contributed by atoms with van der Waals surface area (Å²) >= 11 is 0. The van der Waals surface area contributed by atoms with Gasteiger partial charge in [-0.1, -0.05) is 0 Å². The lowest BCUT2D eigenvalue weighted by Gasteiger charge is -2.17. The van der Waals surface area contributed by atoms with Crippen LogP contribution in [0.25, 0.3) is 0 Å². The Bertz CT molecular complexity index is 159. The zero-order valence-corrected chi connectivity index (χ0v) is 5.70. The predicted octanol–water partition coefficient (Wildman–Crippen LogP) is -0.890. The summed E-state index contributed by atoms with van der Waals surface area (Å²) < 4.78 is 0. The molecule has 4 atom stereocenters. The molecule has 2 rings (SSSR count). The van der Waals surface area contributed by atoms with Gasteiger partial charge in [-0.15, -0.1) is 0 Å². The Morgan fingerprint density at radius 2 is 2.20 bits per heavy atom. The van der Waals surface area contributed by atoms with Crippen LogP contribution in [0.2, 0.25) is 0 Å². The van der Waals surface area contributed by atoms with Gasteiger partial charge < -0.3 is 15.3 Å². The van der Waals surface area contributed by atoms with E-state index in [0.717, 1.165) is 12.8 Å². The second-order valence-corrected chi connectivity index (χ2v) is 3.52. The van der Waals surface area contributed by atoms with E-state index in [9.17, 15) is 10.2 Å². The van der Waals surface area contributed by atoms with Crippen molar-refractivity contribution in [3.05, 3.63) is 0 Å². The van der Waals surface area contributed by atoms with E-state index in [4.69, 9.17) is 5.11 Å². The van der Waals surface area contributed by atoms with Gasteiger partial charge in [0.05, 0.1) is 11.7 Å². The number of rotatable bonds is 1. The normalized spacial score (nSPS) is 58.5. The molecular weight excluding hydrogens is 132 g/mol. The molecule has 3 nitrogen and oxygen atoms in total. The summed E-state index contributed by atoms with van der Waals surface area (Å²) in [5.74, 6) is 0.184. The van der Waals surface area contributed by atoms with Gasteiger partial charge in [-0.2, -0.15) is 0 Å². The molecule has 2 fully saturated rings. The molecule has 0 spiro atoms. The Kier molecular flexibility index (Phi) is 1.14. The quantitative estimate of drug-likeness (QED) is 0.447. The third kappa shape index (κ3) is 0.603. The highest BCUT2D eigenvalue weighted by Gasteiger charge is 2.65. The number of aliphatic hydroxyl groups is 3. The molecule has 0 aromatic heterocycles. The van der Waals surface area contributed by atoms with E-state index in [1.165, 1.54) is 0 Å². The molecule has 0 aromatic carbocycles. The fraction of sp³-hybridized carbons (Fsp3) is 1.00. The summed E-state index contributed by atoms with van der Waals surface area (Å²) in [6, 6.07) is 0. The molecule has 10 heavy (non-hydrogen) atoms. The van der Waals surface area contributed by atoms with Crippen molar-refractivity contribution < 1.29 is 15.3 Å². The van der Waals surface area contributed by atoms with Crippen molar-refractivity contribution >= 4 is 0 Å². The maximum Gasteiger partial charge on any atom is 0.0941 e. The van der Waals surface area contributed by atoms with Crippen molar-refractivity contribution in [3.63, 3.8) is 0 Å². The Hall–Kier alpha value is -0.120. The molecule has 2 saturated carbocycles. The van der Waals surface area contributed by atoms with Crippen LogP contribution in [0.15, 0.2) is 0 Å². The SMILES string of the molecule is OC[C@H]1C[C@H]2C[C@@]2(O)[C@@H]1O. The molecule has 0 radical (unpaired) electrons. The molecule has 0 saturated heterocycles. The lowest BCUT2D eigenvalue weighted by molar-refractivity contribution is -0.0258. The van der Waals surface area contributed by atoms with E-state index >= 15 is 0 Å². The van der Waals surface area contributed by atoms with Gasteiger partial charge in [0.1, 0.15) is 0 Å². The van der Waals surface area contributed by atoms with E-state index in [0.29, 0.717) is 0 Å². The molecule has 2 aliphatic rings. The smallest absolute Gasteiger partial charge is 0.0941 e.